The maximum atomic E-state index is 12.3. The molecule has 2 heterocycles. The first-order chi connectivity index (χ1) is 14.2. The fraction of sp³-hybridized carbons (Fsp3) is 0.0417. The summed E-state index contributed by atoms with van der Waals surface area (Å²) in [5.41, 5.74) is 2.11. The number of cyclic esters (lactones) is 1. The molecule has 0 radical (unpaired) electrons. The zero-order valence-electron chi connectivity index (χ0n) is 15.3. The van der Waals surface area contributed by atoms with Crippen molar-refractivity contribution in [2.45, 2.75) is 0 Å². The average molecular weight is 384 g/mol. The number of hydrogen-bond donors (Lipinski definition) is 0. The van der Waals surface area contributed by atoms with Crippen molar-refractivity contribution in [3.8, 4) is 23.0 Å². The van der Waals surface area contributed by atoms with Crippen molar-refractivity contribution >= 4 is 17.8 Å². The number of ether oxygens (including phenoxy) is 4. The lowest BCUT2D eigenvalue weighted by atomic mass is 10.1. The largest absolute Gasteiger partial charge is 0.457 e. The predicted molar refractivity (Wildman–Crippen MR) is 108 cm³/mol. The molecular weight excluding hydrogens is 368 g/mol. The summed E-state index contributed by atoms with van der Waals surface area (Å²) in [6.45, 7) is 0.214. The molecule has 0 aromatic heterocycles. The van der Waals surface area contributed by atoms with Crippen LogP contribution in [0.1, 0.15) is 11.1 Å². The minimum absolute atomic E-state index is 0.214. The fourth-order valence-electron chi connectivity index (χ4n) is 3.13. The van der Waals surface area contributed by atoms with Crippen LogP contribution in [0.4, 0.5) is 0 Å². The highest BCUT2D eigenvalue weighted by Crippen LogP contribution is 2.34. The molecular formula is C24H16O5. The summed E-state index contributed by atoms with van der Waals surface area (Å²) in [5, 5.41) is 0. The molecule has 2 aliphatic rings. The third-order valence-corrected chi connectivity index (χ3v) is 4.56. The molecule has 0 spiro atoms. The molecule has 0 aliphatic carbocycles. The van der Waals surface area contributed by atoms with Crippen molar-refractivity contribution in [2.24, 2.45) is 0 Å². The van der Waals surface area contributed by atoms with Crippen molar-refractivity contribution in [3.05, 3.63) is 95.6 Å². The van der Waals surface area contributed by atoms with Crippen LogP contribution >= 0.6 is 0 Å². The minimum atomic E-state index is -0.387. The van der Waals surface area contributed by atoms with Crippen molar-refractivity contribution < 1.29 is 23.7 Å². The number of hydrogen-bond acceptors (Lipinski definition) is 5. The van der Waals surface area contributed by atoms with Crippen molar-refractivity contribution in [1.82, 2.24) is 0 Å². The van der Waals surface area contributed by atoms with E-state index in [4.69, 9.17) is 18.9 Å². The van der Waals surface area contributed by atoms with Gasteiger partial charge in [0.15, 0.2) is 11.5 Å². The van der Waals surface area contributed by atoms with Gasteiger partial charge < -0.3 is 18.9 Å². The van der Waals surface area contributed by atoms with Crippen LogP contribution in [0.2, 0.25) is 0 Å². The molecule has 3 aromatic carbocycles. The number of benzene rings is 3. The molecule has 0 unspecified atom stereocenters. The topological polar surface area (TPSA) is 54.0 Å². The molecule has 0 N–H and O–H groups in total. The predicted octanol–water partition coefficient (Wildman–Crippen LogP) is 5.19. The van der Waals surface area contributed by atoms with Crippen molar-refractivity contribution in [1.29, 1.82) is 0 Å². The summed E-state index contributed by atoms with van der Waals surface area (Å²) < 4.78 is 21.9. The van der Waals surface area contributed by atoms with Crippen molar-refractivity contribution in [3.63, 3.8) is 0 Å². The van der Waals surface area contributed by atoms with Crippen LogP contribution in [0.5, 0.6) is 23.0 Å². The van der Waals surface area contributed by atoms with Gasteiger partial charge in [-0.25, -0.2) is 4.79 Å². The maximum absolute atomic E-state index is 12.3. The molecule has 5 nitrogen and oxygen atoms in total. The highest BCUT2D eigenvalue weighted by Gasteiger charge is 2.22. The number of carbonyl (C=O) groups excluding carboxylic acids is 1. The highest BCUT2D eigenvalue weighted by atomic mass is 16.7. The SMILES string of the molecule is O=C1OC(c2ccc(Oc3ccccc3)cc2)=CC1=Cc1ccc2c(c1)OCO2. The molecule has 2 aliphatic heterocycles. The quantitative estimate of drug-likeness (QED) is 0.458. The van der Waals surface area contributed by atoms with E-state index in [1.807, 2.05) is 72.8 Å². The number of rotatable bonds is 4. The van der Waals surface area contributed by atoms with Gasteiger partial charge in [0, 0.05) is 5.56 Å². The van der Waals surface area contributed by atoms with E-state index in [0.717, 1.165) is 16.9 Å². The zero-order valence-corrected chi connectivity index (χ0v) is 15.3. The van der Waals surface area contributed by atoms with Crippen LogP contribution in [0.3, 0.4) is 0 Å². The summed E-state index contributed by atoms with van der Waals surface area (Å²) >= 11 is 0. The Bertz CT molecular complexity index is 1130. The average Bonchev–Trinajstić information content (AvgIpc) is 3.36. The fourth-order valence-corrected chi connectivity index (χ4v) is 3.13. The minimum Gasteiger partial charge on any atom is -0.457 e. The molecule has 0 amide bonds. The molecule has 5 rings (SSSR count). The van der Waals surface area contributed by atoms with Gasteiger partial charge in [-0.15, -0.1) is 0 Å². The van der Waals surface area contributed by atoms with E-state index in [9.17, 15) is 4.79 Å². The van der Waals surface area contributed by atoms with Gasteiger partial charge in [0.05, 0.1) is 5.57 Å². The van der Waals surface area contributed by atoms with Gasteiger partial charge in [0.25, 0.3) is 0 Å². The number of para-hydroxylation sites is 1. The normalized spacial score (nSPS) is 15.9. The molecule has 5 heteroatoms. The van der Waals surface area contributed by atoms with E-state index in [-0.39, 0.29) is 12.8 Å². The standard InChI is InChI=1S/C24H16O5/c25-24-18(12-16-6-11-21-23(13-16)27-15-26-21)14-22(29-24)17-7-9-20(10-8-17)28-19-4-2-1-3-5-19/h1-14H,15H2. The van der Waals surface area contributed by atoms with Gasteiger partial charge in [0.2, 0.25) is 6.79 Å². The Labute approximate surface area is 167 Å². The van der Waals surface area contributed by atoms with Crippen LogP contribution in [-0.2, 0) is 9.53 Å². The first-order valence-electron chi connectivity index (χ1n) is 9.13. The molecule has 29 heavy (non-hydrogen) atoms. The molecule has 142 valence electrons. The summed E-state index contributed by atoms with van der Waals surface area (Å²) in [4.78, 5) is 12.3. The third kappa shape index (κ3) is 3.58. The van der Waals surface area contributed by atoms with E-state index < -0.39 is 0 Å². The summed E-state index contributed by atoms with van der Waals surface area (Å²) in [6.07, 6.45) is 3.50. The van der Waals surface area contributed by atoms with Gasteiger partial charge in [-0.05, 0) is 66.2 Å². The molecule has 0 atom stereocenters. The lowest BCUT2D eigenvalue weighted by molar-refractivity contribution is -0.130. The zero-order chi connectivity index (χ0) is 19.6. The molecule has 0 saturated heterocycles. The second-order valence-electron chi connectivity index (χ2n) is 6.55. The smallest absolute Gasteiger partial charge is 0.343 e. The first-order valence-corrected chi connectivity index (χ1v) is 9.13. The van der Waals surface area contributed by atoms with E-state index in [0.29, 0.717) is 28.6 Å². The monoisotopic (exact) mass is 384 g/mol. The van der Waals surface area contributed by atoms with E-state index in [1.54, 1.807) is 12.2 Å². The number of esters is 1. The van der Waals surface area contributed by atoms with Crippen molar-refractivity contribution in [2.75, 3.05) is 6.79 Å². The van der Waals surface area contributed by atoms with Gasteiger partial charge >= 0.3 is 5.97 Å². The van der Waals surface area contributed by atoms with Crippen LogP contribution in [0, 0.1) is 0 Å². The number of fused-ring (bicyclic) bond motifs is 1. The summed E-state index contributed by atoms with van der Waals surface area (Å²) in [6, 6.07) is 22.5. The maximum Gasteiger partial charge on any atom is 0.343 e. The van der Waals surface area contributed by atoms with Crippen LogP contribution in [0.25, 0.3) is 11.8 Å². The molecule has 0 saturated carbocycles. The Balaban J connectivity index is 1.35. The highest BCUT2D eigenvalue weighted by molar-refractivity contribution is 6.05. The molecule has 0 fully saturated rings. The summed E-state index contributed by atoms with van der Waals surface area (Å²) in [7, 11) is 0. The Kier molecular flexibility index (Phi) is 4.26. The van der Waals surface area contributed by atoms with Gasteiger partial charge in [-0.1, -0.05) is 24.3 Å². The van der Waals surface area contributed by atoms with Crippen LogP contribution < -0.4 is 14.2 Å². The Morgan fingerprint density at radius 1 is 0.828 bits per heavy atom. The Morgan fingerprint density at radius 3 is 2.41 bits per heavy atom. The van der Waals surface area contributed by atoms with E-state index in [2.05, 4.69) is 0 Å². The third-order valence-electron chi connectivity index (χ3n) is 4.56. The molecule has 0 bridgehead atoms. The Hall–Kier alpha value is -3.99. The molecule has 3 aromatic rings. The van der Waals surface area contributed by atoms with Crippen LogP contribution in [-0.4, -0.2) is 12.8 Å². The number of carbonyl (C=O) groups is 1. The van der Waals surface area contributed by atoms with E-state index >= 15 is 0 Å². The first kappa shape index (κ1) is 17.1. The second-order valence-corrected chi connectivity index (χ2v) is 6.55. The lowest BCUT2D eigenvalue weighted by Crippen LogP contribution is -1.97. The van der Waals surface area contributed by atoms with Crippen LogP contribution in [0.15, 0.2) is 84.4 Å². The van der Waals surface area contributed by atoms with E-state index in [1.165, 1.54) is 0 Å². The van der Waals surface area contributed by atoms with Gasteiger partial charge in [0.1, 0.15) is 17.3 Å². The summed E-state index contributed by atoms with van der Waals surface area (Å²) in [5.74, 6) is 2.97. The second kappa shape index (κ2) is 7.20. The van der Waals surface area contributed by atoms with Gasteiger partial charge in [-0.3, -0.25) is 0 Å². The lowest BCUT2D eigenvalue weighted by Gasteiger charge is -2.06. The Morgan fingerprint density at radius 2 is 1.59 bits per heavy atom. The van der Waals surface area contributed by atoms with Gasteiger partial charge in [-0.2, -0.15) is 0 Å².